The minimum atomic E-state index is -0.998. The Bertz CT molecular complexity index is 1290. The Labute approximate surface area is 278 Å². The zero-order valence-electron chi connectivity index (χ0n) is 27.9. The summed E-state index contributed by atoms with van der Waals surface area (Å²) in [7, 11) is 3.08. The minimum Gasteiger partial charge on any atom is -0.341 e. The zero-order valence-corrected chi connectivity index (χ0v) is 28.6. The first kappa shape index (κ1) is 36.5. The Hall–Kier alpha value is -3.99. The van der Waals surface area contributed by atoms with E-state index in [0.29, 0.717) is 29.5 Å². The highest BCUT2D eigenvalue weighted by atomic mass is 35.5. The highest BCUT2D eigenvalue weighted by molar-refractivity contribution is 6.31. The molecule has 0 radical (unpaired) electrons. The lowest BCUT2D eigenvalue weighted by atomic mass is 10.1. The fourth-order valence-electron chi connectivity index (χ4n) is 5.48. The van der Waals surface area contributed by atoms with E-state index in [0.717, 1.165) is 38.5 Å². The standard InChI is InChI=1S/C34H50ClN7O4/c1-6-8-13-20-39(21-14-9-7-2)33(45)40-22-23-41(30(25-40)31(43)38(5)26(3)37-32(44)36-4)34(46)42(28-17-11-10-12-18-28)29-19-15-16-27(35)24-29/h10-12,15-19,24,26,30H,6-9,13-14,20-23,25H2,1-5H3,(H2,36,37,44). The summed E-state index contributed by atoms with van der Waals surface area (Å²) in [6.07, 6.45) is 5.30. The number of nitrogens with one attached hydrogen (secondary N) is 2. The molecule has 0 aromatic heterocycles. The quantitative estimate of drug-likeness (QED) is 0.200. The molecule has 3 rings (SSSR count). The van der Waals surface area contributed by atoms with Crippen molar-refractivity contribution in [1.29, 1.82) is 0 Å². The molecule has 2 aromatic carbocycles. The van der Waals surface area contributed by atoms with Gasteiger partial charge in [-0.25, -0.2) is 14.4 Å². The molecule has 2 N–H and O–H groups in total. The van der Waals surface area contributed by atoms with Crippen molar-refractivity contribution in [2.75, 3.05) is 51.7 Å². The first-order valence-corrected chi connectivity index (χ1v) is 16.7. The second-order valence-corrected chi connectivity index (χ2v) is 12.1. The number of para-hydroxylation sites is 1. The van der Waals surface area contributed by atoms with E-state index in [4.69, 9.17) is 11.6 Å². The molecule has 252 valence electrons. The molecule has 1 saturated heterocycles. The molecule has 2 aromatic rings. The molecular weight excluding hydrogens is 606 g/mol. The number of carbonyl (C=O) groups excluding carboxylic acids is 4. The van der Waals surface area contributed by atoms with Crippen molar-refractivity contribution in [3.05, 3.63) is 59.6 Å². The molecule has 46 heavy (non-hydrogen) atoms. The predicted molar refractivity (Wildman–Crippen MR) is 183 cm³/mol. The van der Waals surface area contributed by atoms with E-state index in [-0.39, 0.29) is 25.7 Å². The van der Waals surface area contributed by atoms with E-state index in [9.17, 15) is 19.2 Å². The van der Waals surface area contributed by atoms with Crippen LogP contribution in [0.3, 0.4) is 0 Å². The zero-order chi connectivity index (χ0) is 33.6. The fourth-order valence-corrected chi connectivity index (χ4v) is 5.67. The number of rotatable bonds is 13. The van der Waals surface area contributed by atoms with Crippen LogP contribution < -0.4 is 15.5 Å². The molecule has 0 saturated carbocycles. The van der Waals surface area contributed by atoms with E-state index in [1.807, 2.05) is 35.2 Å². The maximum Gasteiger partial charge on any atom is 0.329 e. The van der Waals surface area contributed by atoms with Crippen LogP contribution in [0.2, 0.25) is 5.02 Å². The lowest BCUT2D eigenvalue weighted by Gasteiger charge is -2.45. The molecule has 0 aliphatic carbocycles. The van der Waals surface area contributed by atoms with Gasteiger partial charge < -0.3 is 30.2 Å². The third kappa shape index (κ3) is 9.75. The van der Waals surface area contributed by atoms with E-state index in [1.54, 1.807) is 43.1 Å². The van der Waals surface area contributed by atoms with Gasteiger partial charge in [-0.2, -0.15) is 0 Å². The van der Waals surface area contributed by atoms with E-state index in [1.165, 1.54) is 21.7 Å². The van der Waals surface area contributed by atoms with Crippen molar-refractivity contribution >= 4 is 47.0 Å². The number of benzene rings is 2. The molecule has 7 amide bonds. The van der Waals surface area contributed by atoms with Crippen molar-refractivity contribution in [2.24, 2.45) is 0 Å². The number of anilines is 2. The second kappa shape index (κ2) is 18.2. The summed E-state index contributed by atoms with van der Waals surface area (Å²) >= 11 is 6.35. The Kier molecular flexibility index (Phi) is 14.5. The summed E-state index contributed by atoms with van der Waals surface area (Å²) in [4.78, 5) is 62.8. The second-order valence-electron chi connectivity index (χ2n) is 11.6. The number of carbonyl (C=O) groups is 4. The predicted octanol–water partition coefficient (Wildman–Crippen LogP) is 6.12. The Morgan fingerprint density at radius 1 is 0.891 bits per heavy atom. The summed E-state index contributed by atoms with van der Waals surface area (Å²) in [6.45, 7) is 7.71. The highest BCUT2D eigenvalue weighted by Crippen LogP contribution is 2.30. The Morgan fingerprint density at radius 3 is 2.11 bits per heavy atom. The summed E-state index contributed by atoms with van der Waals surface area (Å²) in [5, 5.41) is 5.69. The monoisotopic (exact) mass is 655 g/mol. The molecule has 1 fully saturated rings. The number of hydrogen-bond donors (Lipinski definition) is 2. The van der Waals surface area contributed by atoms with Crippen LogP contribution in [-0.4, -0.2) is 103 Å². The third-order valence-corrected chi connectivity index (χ3v) is 8.52. The average Bonchev–Trinajstić information content (AvgIpc) is 3.07. The van der Waals surface area contributed by atoms with Crippen LogP contribution >= 0.6 is 11.6 Å². The van der Waals surface area contributed by atoms with Crippen LogP contribution in [-0.2, 0) is 4.79 Å². The first-order valence-electron chi connectivity index (χ1n) is 16.3. The van der Waals surface area contributed by atoms with Gasteiger partial charge in [0.2, 0.25) is 5.91 Å². The minimum absolute atomic E-state index is 0.0245. The molecule has 2 atom stereocenters. The molecule has 2 unspecified atom stereocenters. The van der Waals surface area contributed by atoms with Gasteiger partial charge in [-0.3, -0.25) is 9.69 Å². The molecular formula is C34H50ClN7O4. The van der Waals surface area contributed by atoms with Gasteiger partial charge in [-0.05, 0) is 50.1 Å². The average molecular weight is 656 g/mol. The van der Waals surface area contributed by atoms with Crippen molar-refractivity contribution in [3.8, 4) is 0 Å². The van der Waals surface area contributed by atoms with Gasteiger partial charge >= 0.3 is 18.1 Å². The summed E-state index contributed by atoms with van der Waals surface area (Å²) < 4.78 is 0. The number of nitrogens with zero attached hydrogens (tertiary/aromatic N) is 5. The lowest BCUT2D eigenvalue weighted by molar-refractivity contribution is -0.138. The van der Waals surface area contributed by atoms with Crippen LogP contribution in [0.15, 0.2) is 54.6 Å². The number of amides is 7. The Balaban J connectivity index is 1.98. The van der Waals surface area contributed by atoms with Crippen molar-refractivity contribution in [1.82, 2.24) is 30.2 Å². The van der Waals surface area contributed by atoms with Gasteiger partial charge in [0.15, 0.2) is 0 Å². The third-order valence-electron chi connectivity index (χ3n) is 8.28. The molecule has 11 nitrogen and oxygen atoms in total. The number of likely N-dealkylation sites (N-methyl/N-ethyl adjacent to an activating group) is 1. The summed E-state index contributed by atoms with van der Waals surface area (Å²) in [6, 6.07) is 14.2. The molecule has 1 heterocycles. The van der Waals surface area contributed by atoms with E-state index in [2.05, 4.69) is 24.5 Å². The smallest absolute Gasteiger partial charge is 0.329 e. The fraction of sp³-hybridized carbons (Fsp3) is 0.529. The van der Waals surface area contributed by atoms with Gasteiger partial charge in [0.25, 0.3) is 0 Å². The topological polar surface area (TPSA) is 109 Å². The van der Waals surface area contributed by atoms with Crippen molar-refractivity contribution in [2.45, 2.75) is 71.5 Å². The normalized spacial score (nSPS) is 15.1. The van der Waals surface area contributed by atoms with Crippen LogP contribution in [0.4, 0.5) is 25.8 Å². The van der Waals surface area contributed by atoms with E-state index < -0.39 is 30.2 Å². The number of unbranched alkanes of at least 4 members (excludes halogenated alkanes) is 4. The lowest BCUT2D eigenvalue weighted by Crippen LogP contribution is -2.65. The van der Waals surface area contributed by atoms with Gasteiger partial charge in [0, 0.05) is 45.3 Å². The number of urea groups is 3. The Morgan fingerprint density at radius 2 is 1.52 bits per heavy atom. The maximum absolute atomic E-state index is 14.5. The van der Waals surface area contributed by atoms with Crippen LogP contribution in [0, 0.1) is 0 Å². The highest BCUT2D eigenvalue weighted by Gasteiger charge is 2.42. The maximum atomic E-state index is 14.5. The molecule has 1 aliphatic rings. The summed E-state index contributed by atoms with van der Waals surface area (Å²) in [5.41, 5.74) is 1.16. The number of hydrogen-bond acceptors (Lipinski definition) is 4. The largest absolute Gasteiger partial charge is 0.341 e. The van der Waals surface area contributed by atoms with Gasteiger partial charge in [0.1, 0.15) is 12.2 Å². The molecule has 1 aliphatic heterocycles. The van der Waals surface area contributed by atoms with Crippen LogP contribution in [0.5, 0.6) is 0 Å². The molecule has 0 bridgehead atoms. The van der Waals surface area contributed by atoms with Gasteiger partial charge in [-0.1, -0.05) is 75.4 Å². The summed E-state index contributed by atoms with van der Waals surface area (Å²) in [5.74, 6) is -0.391. The molecule has 12 heteroatoms. The van der Waals surface area contributed by atoms with Crippen LogP contribution in [0.25, 0.3) is 0 Å². The van der Waals surface area contributed by atoms with Gasteiger partial charge in [0.05, 0.1) is 17.9 Å². The first-order chi connectivity index (χ1) is 22.1. The number of halogens is 1. The van der Waals surface area contributed by atoms with E-state index >= 15 is 0 Å². The van der Waals surface area contributed by atoms with Crippen LogP contribution in [0.1, 0.15) is 59.3 Å². The van der Waals surface area contributed by atoms with Crippen molar-refractivity contribution < 1.29 is 19.2 Å². The van der Waals surface area contributed by atoms with Crippen molar-refractivity contribution in [3.63, 3.8) is 0 Å². The SMILES string of the molecule is CCCCCN(CCCCC)C(=O)N1CCN(C(=O)N(c2ccccc2)c2cccc(Cl)c2)C(C(=O)N(C)C(C)NC(=O)NC)C1. The van der Waals surface area contributed by atoms with Gasteiger partial charge in [-0.15, -0.1) is 0 Å². The molecule has 0 spiro atoms. The number of piperazine rings is 1.